The van der Waals surface area contributed by atoms with Crippen LogP contribution in [0.2, 0.25) is 0 Å². The maximum Gasteiger partial charge on any atom is 0.129 e. The van der Waals surface area contributed by atoms with Crippen LogP contribution in [0.5, 0.6) is 0 Å². The van der Waals surface area contributed by atoms with Crippen LogP contribution < -0.4 is 4.90 Å². The van der Waals surface area contributed by atoms with Crippen molar-refractivity contribution < 1.29 is 5.11 Å². The molecule has 0 aliphatic heterocycles. The zero-order valence-electron chi connectivity index (χ0n) is 10.8. The largest absolute Gasteiger partial charge is 0.392 e. The van der Waals surface area contributed by atoms with E-state index in [1.807, 2.05) is 44.3 Å². The molecular weight excluding hydrogens is 224 g/mol. The summed E-state index contributed by atoms with van der Waals surface area (Å²) in [7, 11) is 2.01. The molecule has 0 spiro atoms. The highest BCUT2D eigenvalue weighted by atomic mass is 16.3. The summed E-state index contributed by atoms with van der Waals surface area (Å²) < 4.78 is 0. The van der Waals surface area contributed by atoms with E-state index in [-0.39, 0.29) is 6.61 Å². The van der Waals surface area contributed by atoms with Crippen LogP contribution in [0.25, 0.3) is 0 Å². The molecule has 2 aromatic rings. The molecule has 0 aliphatic rings. The number of benzene rings is 1. The number of aryl methyl sites for hydroxylation is 1. The third-order valence-corrected chi connectivity index (χ3v) is 2.84. The van der Waals surface area contributed by atoms with Crippen molar-refractivity contribution in [1.29, 1.82) is 0 Å². The molecule has 1 heterocycles. The molecule has 0 saturated carbocycles. The van der Waals surface area contributed by atoms with Crippen LogP contribution in [0.3, 0.4) is 0 Å². The third kappa shape index (κ3) is 3.08. The van der Waals surface area contributed by atoms with E-state index in [9.17, 15) is 5.11 Å². The number of rotatable bonds is 4. The molecule has 0 saturated heterocycles. The van der Waals surface area contributed by atoms with E-state index in [2.05, 4.69) is 22.0 Å². The van der Waals surface area contributed by atoms with Gasteiger partial charge in [0.15, 0.2) is 0 Å². The van der Waals surface area contributed by atoms with Crippen molar-refractivity contribution in [3.05, 3.63) is 59.3 Å². The second-order valence-corrected chi connectivity index (χ2v) is 4.47. The Bertz CT molecular complexity index is 511. The zero-order valence-corrected chi connectivity index (χ0v) is 10.8. The molecule has 3 heteroatoms. The first-order chi connectivity index (χ1) is 8.69. The Morgan fingerprint density at radius 3 is 2.50 bits per heavy atom. The maximum absolute atomic E-state index is 9.21. The summed E-state index contributed by atoms with van der Waals surface area (Å²) >= 11 is 0. The Morgan fingerprint density at radius 2 is 1.83 bits per heavy atom. The Labute approximate surface area is 108 Å². The predicted octanol–water partition coefficient (Wildman–Crippen LogP) is 2.52. The molecule has 1 N–H and O–H groups in total. The van der Waals surface area contributed by atoms with Gasteiger partial charge in [0.1, 0.15) is 5.82 Å². The van der Waals surface area contributed by atoms with E-state index >= 15 is 0 Å². The Balaban J connectivity index is 2.18. The molecule has 0 unspecified atom stereocenters. The fraction of sp³-hybridized carbons (Fsp3) is 0.267. The summed E-state index contributed by atoms with van der Waals surface area (Å²) in [5.41, 5.74) is 3.07. The molecule has 1 aromatic carbocycles. The number of pyridine rings is 1. The Morgan fingerprint density at radius 1 is 1.11 bits per heavy atom. The minimum Gasteiger partial charge on any atom is -0.392 e. The van der Waals surface area contributed by atoms with Gasteiger partial charge >= 0.3 is 0 Å². The summed E-state index contributed by atoms with van der Waals surface area (Å²) in [5.74, 6) is 0.892. The lowest BCUT2D eigenvalue weighted by Gasteiger charge is -2.19. The topological polar surface area (TPSA) is 36.4 Å². The van der Waals surface area contributed by atoms with Gasteiger partial charge in [0.2, 0.25) is 0 Å². The average Bonchev–Trinajstić information content (AvgIpc) is 2.39. The van der Waals surface area contributed by atoms with Gasteiger partial charge in [0.25, 0.3) is 0 Å². The molecule has 0 fully saturated rings. The number of aliphatic hydroxyl groups excluding tert-OH is 1. The van der Waals surface area contributed by atoms with Crippen LogP contribution in [0.4, 0.5) is 5.82 Å². The van der Waals surface area contributed by atoms with E-state index in [1.165, 1.54) is 5.56 Å². The van der Waals surface area contributed by atoms with Crippen molar-refractivity contribution in [2.24, 2.45) is 0 Å². The molecule has 0 radical (unpaired) electrons. The summed E-state index contributed by atoms with van der Waals surface area (Å²) in [6.07, 6.45) is 0. The van der Waals surface area contributed by atoms with Crippen molar-refractivity contribution >= 4 is 5.82 Å². The number of hydrogen-bond acceptors (Lipinski definition) is 3. The highest BCUT2D eigenvalue weighted by molar-refractivity contribution is 5.42. The lowest BCUT2D eigenvalue weighted by Crippen LogP contribution is -2.18. The minimum absolute atomic E-state index is 0.0511. The molecule has 0 bridgehead atoms. The number of aromatic nitrogens is 1. The first-order valence-corrected chi connectivity index (χ1v) is 6.02. The summed E-state index contributed by atoms with van der Waals surface area (Å²) in [6.45, 7) is 2.80. The van der Waals surface area contributed by atoms with Gasteiger partial charge in [-0.15, -0.1) is 0 Å². The minimum atomic E-state index is 0.0511. The summed E-state index contributed by atoms with van der Waals surface area (Å²) in [5, 5.41) is 9.21. The number of nitrogens with zero attached hydrogens (tertiary/aromatic N) is 2. The van der Waals surface area contributed by atoms with Gasteiger partial charge in [-0.1, -0.05) is 30.3 Å². The van der Waals surface area contributed by atoms with Crippen LogP contribution >= 0.6 is 0 Å². The van der Waals surface area contributed by atoms with Gasteiger partial charge in [-0.05, 0) is 30.2 Å². The molecule has 0 aliphatic carbocycles. The Kier molecular flexibility index (Phi) is 3.95. The van der Waals surface area contributed by atoms with Crippen molar-refractivity contribution in [2.75, 3.05) is 11.9 Å². The predicted molar refractivity (Wildman–Crippen MR) is 73.4 cm³/mol. The third-order valence-electron chi connectivity index (χ3n) is 2.84. The Hall–Kier alpha value is -1.87. The lowest BCUT2D eigenvalue weighted by molar-refractivity contribution is 0.281. The van der Waals surface area contributed by atoms with Gasteiger partial charge in [0.05, 0.1) is 6.61 Å². The fourth-order valence-electron chi connectivity index (χ4n) is 1.95. The van der Waals surface area contributed by atoms with Gasteiger partial charge in [-0.25, -0.2) is 4.98 Å². The standard InChI is InChI=1S/C15H18N2O/c1-12-8-14(11-18)9-15(16-12)17(2)10-13-6-4-3-5-7-13/h3-9,18H,10-11H2,1-2H3. The smallest absolute Gasteiger partial charge is 0.129 e. The highest BCUT2D eigenvalue weighted by Crippen LogP contribution is 2.16. The van der Waals surface area contributed by atoms with Gasteiger partial charge in [0, 0.05) is 19.3 Å². The molecule has 1 aromatic heterocycles. The molecule has 18 heavy (non-hydrogen) atoms. The van der Waals surface area contributed by atoms with Gasteiger partial charge in [-0.2, -0.15) is 0 Å². The van der Waals surface area contributed by atoms with Crippen LogP contribution in [-0.2, 0) is 13.2 Å². The molecule has 0 amide bonds. The summed E-state index contributed by atoms with van der Waals surface area (Å²) in [4.78, 5) is 6.58. The SMILES string of the molecule is Cc1cc(CO)cc(N(C)Cc2ccccc2)n1. The van der Waals surface area contributed by atoms with Crippen LogP contribution in [0.1, 0.15) is 16.8 Å². The zero-order chi connectivity index (χ0) is 13.0. The molecule has 94 valence electrons. The molecule has 3 nitrogen and oxygen atoms in total. The molecular formula is C15H18N2O. The van der Waals surface area contributed by atoms with E-state index in [0.717, 1.165) is 23.6 Å². The number of anilines is 1. The average molecular weight is 242 g/mol. The van der Waals surface area contributed by atoms with E-state index < -0.39 is 0 Å². The maximum atomic E-state index is 9.21. The number of hydrogen-bond donors (Lipinski definition) is 1. The highest BCUT2D eigenvalue weighted by Gasteiger charge is 2.05. The van der Waals surface area contributed by atoms with Crippen LogP contribution in [-0.4, -0.2) is 17.1 Å². The van der Waals surface area contributed by atoms with Crippen molar-refractivity contribution in [3.8, 4) is 0 Å². The quantitative estimate of drug-likeness (QED) is 0.895. The second kappa shape index (κ2) is 5.65. The molecule has 2 rings (SSSR count). The first-order valence-electron chi connectivity index (χ1n) is 6.02. The van der Waals surface area contributed by atoms with Crippen molar-refractivity contribution in [1.82, 2.24) is 4.98 Å². The lowest BCUT2D eigenvalue weighted by atomic mass is 10.2. The number of aliphatic hydroxyl groups is 1. The first kappa shape index (κ1) is 12.6. The van der Waals surface area contributed by atoms with Crippen molar-refractivity contribution in [2.45, 2.75) is 20.1 Å². The van der Waals surface area contributed by atoms with E-state index in [0.29, 0.717) is 0 Å². The van der Waals surface area contributed by atoms with Gasteiger partial charge in [-0.3, -0.25) is 0 Å². The van der Waals surface area contributed by atoms with Crippen molar-refractivity contribution in [3.63, 3.8) is 0 Å². The van der Waals surface area contributed by atoms with E-state index in [1.54, 1.807) is 0 Å². The normalized spacial score (nSPS) is 10.4. The van der Waals surface area contributed by atoms with E-state index in [4.69, 9.17) is 0 Å². The van der Waals surface area contributed by atoms with Crippen LogP contribution in [0.15, 0.2) is 42.5 Å². The van der Waals surface area contributed by atoms with Crippen LogP contribution in [0, 0.1) is 6.92 Å². The second-order valence-electron chi connectivity index (χ2n) is 4.47. The fourth-order valence-corrected chi connectivity index (χ4v) is 1.95. The molecule has 0 atom stereocenters. The monoisotopic (exact) mass is 242 g/mol. The van der Waals surface area contributed by atoms with Gasteiger partial charge < -0.3 is 10.0 Å². The summed E-state index contributed by atoms with van der Waals surface area (Å²) in [6, 6.07) is 14.1.